The van der Waals surface area contributed by atoms with Gasteiger partial charge in [0.25, 0.3) is 0 Å². The van der Waals surface area contributed by atoms with Crippen LogP contribution in [0.1, 0.15) is 70.2 Å². The third-order valence-electron chi connectivity index (χ3n) is 4.93. The molecule has 1 aliphatic rings. The Morgan fingerprint density at radius 1 is 1.24 bits per heavy atom. The molecule has 25 heavy (non-hydrogen) atoms. The Bertz CT molecular complexity index is 528. The second-order valence-electron chi connectivity index (χ2n) is 7.60. The van der Waals surface area contributed by atoms with Gasteiger partial charge in [0.05, 0.1) is 5.69 Å². The van der Waals surface area contributed by atoms with Crippen molar-refractivity contribution < 1.29 is 4.42 Å². The van der Waals surface area contributed by atoms with Crippen molar-refractivity contribution in [1.29, 1.82) is 0 Å². The molecule has 1 heterocycles. The van der Waals surface area contributed by atoms with E-state index in [2.05, 4.69) is 41.4 Å². The normalized spacial score (nSPS) is 16.8. The second kappa shape index (κ2) is 10.4. The quantitative estimate of drug-likeness (QED) is 0.354. The van der Waals surface area contributed by atoms with Gasteiger partial charge in [0, 0.05) is 13.1 Å². The van der Waals surface area contributed by atoms with Gasteiger partial charge in [-0.2, -0.15) is 0 Å². The number of guanidine groups is 1. The highest BCUT2D eigenvalue weighted by molar-refractivity contribution is 14.0. The molecule has 0 aromatic carbocycles. The van der Waals surface area contributed by atoms with Crippen molar-refractivity contribution in [3.63, 3.8) is 0 Å². The van der Waals surface area contributed by atoms with Crippen LogP contribution in [0.5, 0.6) is 0 Å². The molecule has 1 fully saturated rings. The number of hydrogen-bond donors (Lipinski definition) is 2. The molecule has 1 aromatic rings. The minimum Gasteiger partial charge on any atom is -0.444 e. The van der Waals surface area contributed by atoms with Crippen LogP contribution in [0.15, 0.2) is 9.41 Å². The Labute approximate surface area is 169 Å². The number of oxazole rings is 1. The maximum Gasteiger partial charge on any atom is 0.216 e. The molecule has 0 unspecified atom stereocenters. The number of aryl methyl sites for hydroxylation is 2. The monoisotopic (exact) mass is 462 g/mol. The van der Waals surface area contributed by atoms with Gasteiger partial charge < -0.3 is 15.1 Å². The highest BCUT2D eigenvalue weighted by Crippen LogP contribution is 2.42. The molecule has 0 amide bonds. The van der Waals surface area contributed by atoms with Crippen LogP contribution in [0.3, 0.4) is 0 Å². The SMILES string of the molecule is CCNC(=NCc1nc(C)c(C)o1)NCC1(CC(C)C)CCCC1.I. The van der Waals surface area contributed by atoms with E-state index < -0.39 is 0 Å². The molecule has 2 N–H and O–H groups in total. The minimum atomic E-state index is 0. The Morgan fingerprint density at radius 3 is 2.44 bits per heavy atom. The Morgan fingerprint density at radius 2 is 1.92 bits per heavy atom. The summed E-state index contributed by atoms with van der Waals surface area (Å²) in [5.41, 5.74) is 1.38. The van der Waals surface area contributed by atoms with Crippen LogP contribution in [0, 0.1) is 25.2 Å². The number of nitrogens with zero attached hydrogens (tertiary/aromatic N) is 2. The van der Waals surface area contributed by atoms with E-state index >= 15 is 0 Å². The summed E-state index contributed by atoms with van der Waals surface area (Å²) in [5, 5.41) is 6.91. The van der Waals surface area contributed by atoms with Gasteiger partial charge in [0.2, 0.25) is 5.89 Å². The van der Waals surface area contributed by atoms with Crippen LogP contribution in [-0.4, -0.2) is 24.0 Å². The molecule has 1 aliphatic carbocycles. The smallest absolute Gasteiger partial charge is 0.216 e. The van der Waals surface area contributed by atoms with Crippen molar-refractivity contribution in [3.8, 4) is 0 Å². The van der Waals surface area contributed by atoms with E-state index in [0.29, 0.717) is 17.9 Å². The third-order valence-corrected chi connectivity index (χ3v) is 4.93. The summed E-state index contributed by atoms with van der Waals surface area (Å²) in [6, 6.07) is 0. The van der Waals surface area contributed by atoms with Gasteiger partial charge in [0.1, 0.15) is 12.3 Å². The molecular weight excluding hydrogens is 427 g/mol. The summed E-state index contributed by atoms with van der Waals surface area (Å²) in [6.45, 7) is 13.0. The van der Waals surface area contributed by atoms with E-state index in [-0.39, 0.29) is 24.0 Å². The first-order valence-electron chi connectivity index (χ1n) is 9.39. The first kappa shape index (κ1) is 22.3. The zero-order valence-electron chi connectivity index (χ0n) is 16.4. The highest BCUT2D eigenvalue weighted by Gasteiger charge is 2.34. The fraction of sp³-hybridized carbons (Fsp3) is 0.789. The lowest BCUT2D eigenvalue weighted by molar-refractivity contribution is 0.234. The van der Waals surface area contributed by atoms with Crippen LogP contribution < -0.4 is 10.6 Å². The molecule has 6 heteroatoms. The van der Waals surface area contributed by atoms with Gasteiger partial charge in [-0.1, -0.05) is 26.7 Å². The number of nitrogens with one attached hydrogen (secondary N) is 2. The molecule has 0 aliphatic heterocycles. The van der Waals surface area contributed by atoms with E-state index in [1.807, 2.05) is 13.8 Å². The summed E-state index contributed by atoms with van der Waals surface area (Å²) < 4.78 is 5.62. The highest BCUT2D eigenvalue weighted by atomic mass is 127. The average molecular weight is 462 g/mol. The Kier molecular flexibility index (Phi) is 9.24. The molecule has 2 rings (SSSR count). The van der Waals surface area contributed by atoms with Crippen LogP contribution in [-0.2, 0) is 6.54 Å². The van der Waals surface area contributed by atoms with Crippen LogP contribution >= 0.6 is 24.0 Å². The zero-order valence-corrected chi connectivity index (χ0v) is 18.8. The number of halogens is 1. The molecule has 1 aromatic heterocycles. The topological polar surface area (TPSA) is 62.5 Å². The van der Waals surface area contributed by atoms with Crippen molar-refractivity contribution >= 4 is 29.9 Å². The maximum absolute atomic E-state index is 5.62. The number of aromatic nitrogens is 1. The third kappa shape index (κ3) is 6.79. The first-order valence-corrected chi connectivity index (χ1v) is 9.39. The number of hydrogen-bond acceptors (Lipinski definition) is 3. The lowest BCUT2D eigenvalue weighted by Gasteiger charge is -2.31. The number of aliphatic imine (C=N–C) groups is 1. The molecule has 0 saturated heterocycles. The first-order chi connectivity index (χ1) is 11.4. The lowest BCUT2D eigenvalue weighted by Crippen LogP contribution is -2.43. The van der Waals surface area contributed by atoms with Crippen LogP contribution in [0.4, 0.5) is 0 Å². The summed E-state index contributed by atoms with van der Waals surface area (Å²) in [4.78, 5) is 9.05. The molecular formula is C19H35IN4O. The predicted molar refractivity (Wildman–Crippen MR) is 115 cm³/mol. The van der Waals surface area contributed by atoms with Gasteiger partial charge in [-0.3, -0.25) is 0 Å². The van der Waals surface area contributed by atoms with Gasteiger partial charge in [-0.15, -0.1) is 24.0 Å². The van der Waals surface area contributed by atoms with Crippen LogP contribution in [0.25, 0.3) is 0 Å². The maximum atomic E-state index is 5.62. The fourth-order valence-corrected chi connectivity index (χ4v) is 3.81. The molecule has 5 nitrogen and oxygen atoms in total. The van der Waals surface area contributed by atoms with Gasteiger partial charge >= 0.3 is 0 Å². The van der Waals surface area contributed by atoms with Crippen molar-refractivity contribution in [2.75, 3.05) is 13.1 Å². The molecule has 0 spiro atoms. The summed E-state index contributed by atoms with van der Waals surface area (Å²) in [7, 11) is 0. The lowest BCUT2D eigenvalue weighted by atomic mass is 9.78. The summed E-state index contributed by atoms with van der Waals surface area (Å²) in [5.74, 6) is 3.16. The van der Waals surface area contributed by atoms with Gasteiger partial charge in [-0.05, 0) is 51.4 Å². The minimum absolute atomic E-state index is 0. The van der Waals surface area contributed by atoms with Crippen molar-refractivity contribution in [3.05, 3.63) is 17.3 Å². The predicted octanol–water partition coefficient (Wildman–Crippen LogP) is 4.57. The van der Waals surface area contributed by atoms with E-state index in [9.17, 15) is 0 Å². The van der Waals surface area contributed by atoms with Crippen molar-refractivity contribution in [2.45, 2.75) is 73.3 Å². The molecule has 0 atom stereocenters. The van der Waals surface area contributed by atoms with Crippen LogP contribution in [0.2, 0.25) is 0 Å². The van der Waals surface area contributed by atoms with Crippen molar-refractivity contribution in [1.82, 2.24) is 15.6 Å². The largest absolute Gasteiger partial charge is 0.444 e. The van der Waals surface area contributed by atoms with Gasteiger partial charge in [0.15, 0.2) is 5.96 Å². The molecule has 144 valence electrons. The zero-order chi connectivity index (χ0) is 17.6. The summed E-state index contributed by atoms with van der Waals surface area (Å²) in [6.07, 6.45) is 6.66. The molecule has 0 bridgehead atoms. The van der Waals surface area contributed by atoms with Crippen molar-refractivity contribution in [2.24, 2.45) is 16.3 Å². The second-order valence-corrected chi connectivity index (χ2v) is 7.60. The fourth-order valence-electron chi connectivity index (χ4n) is 3.81. The average Bonchev–Trinajstić information content (AvgIpc) is 3.09. The number of rotatable bonds is 7. The van der Waals surface area contributed by atoms with Gasteiger partial charge in [-0.25, -0.2) is 9.98 Å². The van der Waals surface area contributed by atoms with E-state index in [1.54, 1.807) is 0 Å². The van der Waals surface area contributed by atoms with E-state index in [4.69, 9.17) is 4.42 Å². The Hall–Kier alpha value is -0.790. The standard InChI is InChI=1S/C19H34N4O.HI/c1-6-20-18(21-12-17-23-15(4)16(5)24-17)22-13-19(11-14(2)3)9-7-8-10-19;/h14H,6-13H2,1-5H3,(H2,20,21,22);1H. The summed E-state index contributed by atoms with van der Waals surface area (Å²) >= 11 is 0. The molecule has 1 saturated carbocycles. The van der Waals surface area contributed by atoms with E-state index in [1.165, 1.54) is 32.1 Å². The van der Waals surface area contributed by atoms with E-state index in [0.717, 1.165) is 36.4 Å². The Balaban J connectivity index is 0.00000312. The molecule has 0 radical (unpaired) electrons.